The summed E-state index contributed by atoms with van der Waals surface area (Å²) in [6, 6.07) is 27.5. The number of carbonyl (C=O) groups is 3. The maximum Gasteiger partial charge on any atom is 0.222 e. The maximum atomic E-state index is 13.5. The van der Waals surface area contributed by atoms with Crippen LogP contribution in [0.2, 0.25) is 0 Å². The van der Waals surface area contributed by atoms with E-state index < -0.39 is 6.04 Å². The van der Waals surface area contributed by atoms with E-state index in [-0.39, 0.29) is 23.5 Å². The van der Waals surface area contributed by atoms with Gasteiger partial charge in [-0.15, -0.1) is 0 Å². The number of nitrogens with zero attached hydrogens (tertiary/aromatic N) is 1. The van der Waals surface area contributed by atoms with Gasteiger partial charge in [0.15, 0.2) is 5.78 Å². The molecule has 0 aromatic heterocycles. The molecule has 0 unspecified atom stereocenters. The van der Waals surface area contributed by atoms with Crippen molar-refractivity contribution in [2.45, 2.75) is 83.3 Å². The van der Waals surface area contributed by atoms with Gasteiger partial charge < -0.3 is 15.0 Å². The summed E-state index contributed by atoms with van der Waals surface area (Å²) in [6.07, 6.45) is 8.88. The fourth-order valence-corrected chi connectivity index (χ4v) is 6.54. The maximum absolute atomic E-state index is 13.5. The van der Waals surface area contributed by atoms with Crippen LogP contribution in [0.25, 0.3) is 0 Å². The average molecular weight is 595 g/mol. The summed E-state index contributed by atoms with van der Waals surface area (Å²) in [5.41, 5.74) is 3.29. The largest absolute Gasteiger partial charge is 0.489 e. The van der Waals surface area contributed by atoms with Gasteiger partial charge in [0.1, 0.15) is 12.4 Å². The molecular weight excluding hydrogens is 548 g/mol. The molecule has 1 N–H and O–H groups in total. The molecule has 6 nitrogen and oxygen atoms in total. The lowest BCUT2D eigenvalue weighted by atomic mass is 9.91. The number of ether oxygens (including phenoxy) is 1. The third-order valence-corrected chi connectivity index (χ3v) is 9.21. The molecule has 44 heavy (non-hydrogen) atoms. The van der Waals surface area contributed by atoms with Crippen molar-refractivity contribution in [3.63, 3.8) is 0 Å². The molecule has 232 valence electrons. The Balaban J connectivity index is 1.11. The number of hydrogen-bond donors (Lipinski definition) is 1. The van der Waals surface area contributed by atoms with Crippen LogP contribution in [-0.4, -0.2) is 41.6 Å². The number of benzene rings is 3. The van der Waals surface area contributed by atoms with Crippen LogP contribution in [0.3, 0.4) is 0 Å². The Kier molecular flexibility index (Phi) is 11.6. The summed E-state index contributed by atoms with van der Waals surface area (Å²) in [5, 5.41) is 3.12. The molecule has 1 heterocycles. The van der Waals surface area contributed by atoms with Gasteiger partial charge >= 0.3 is 0 Å². The lowest BCUT2D eigenvalue weighted by Gasteiger charge is -2.32. The molecule has 0 spiro atoms. The van der Waals surface area contributed by atoms with Crippen LogP contribution in [0.4, 0.5) is 0 Å². The molecule has 0 radical (unpaired) electrons. The smallest absolute Gasteiger partial charge is 0.222 e. The highest BCUT2D eigenvalue weighted by Crippen LogP contribution is 2.29. The first kappa shape index (κ1) is 31.5. The van der Waals surface area contributed by atoms with Crippen molar-refractivity contribution >= 4 is 17.6 Å². The first-order valence-corrected chi connectivity index (χ1v) is 16.4. The van der Waals surface area contributed by atoms with Gasteiger partial charge in [-0.1, -0.05) is 98.5 Å². The third kappa shape index (κ3) is 9.80. The molecule has 2 fully saturated rings. The molecule has 1 aliphatic carbocycles. The van der Waals surface area contributed by atoms with E-state index in [1.54, 1.807) is 0 Å². The van der Waals surface area contributed by atoms with E-state index in [2.05, 4.69) is 17.4 Å². The predicted molar refractivity (Wildman–Crippen MR) is 173 cm³/mol. The van der Waals surface area contributed by atoms with E-state index in [0.717, 1.165) is 49.0 Å². The van der Waals surface area contributed by atoms with E-state index in [9.17, 15) is 14.4 Å². The van der Waals surface area contributed by atoms with Crippen LogP contribution in [0.5, 0.6) is 5.75 Å². The van der Waals surface area contributed by atoms with Gasteiger partial charge in [0.2, 0.25) is 11.8 Å². The molecule has 3 aromatic carbocycles. The number of carbonyl (C=O) groups excluding carboxylic acids is 3. The molecular formula is C38H46N2O4. The van der Waals surface area contributed by atoms with Crippen LogP contribution >= 0.6 is 0 Å². The zero-order chi connectivity index (χ0) is 30.6. The number of piperidine rings is 1. The minimum absolute atomic E-state index is 0.0635. The van der Waals surface area contributed by atoms with Crippen molar-refractivity contribution in [2.24, 2.45) is 11.8 Å². The Labute approximate surface area is 262 Å². The Morgan fingerprint density at radius 2 is 1.34 bits per heavy atom. The molecule has 5 rings (SSSR count). The predicted octanol–water partition coefficient (Wildman–Crippen LogP) is 6.70. The third-order valence-electron chi connectivity index (χ3n) is 9.21. The summed E-state index contributed by atoms with van der Waals surface area (Å²) >= 11 is 0. The van der Waals surface area contributed by atoms with Crippen molar-refractivity contribution in [2.75, 3.05) is 13.1 Å². The highest BCUT2D eigenvalue weighted by atomic mass is 16.5. The average Bonchev–Trinajstić information content (AvgIpc) is 3.57. The van der Waals surface area contributed by atoms with Crippen molar-refractivity contribution in [1.29, 1.82) is 0 Å². The van der Waals surface area contributed by atoms with E-state index in [0.29, 0.717) is 51.3 Å². The van der Waals surface area contributed by atoms with Gasteiger partial charge in [-0.3, -0.25) is 14.4 Å². The van der Waals surface area contributed by atoms with Crippen molar-refractivity contribution in [3.8, 4) is 5.75 Å². The monoisotopic (exact) mass is 594 g/mol. The second kappa shape index (κ2) is 16.2. The van der Waals surface area contributed by atoms with Gasteiger partial charge in [0.25, 0.3) is 0 Å². The number of likely N-dealkylation sites (tertiary alicyclic amines) is 1. The number of Topliss-reactive ketones (excluding diaryl/α,β-unsaturated/α-hetero) is 1. The Morgan fingerprint density at radius 1 is 0.727 bits per heavy atom. The Hall–Kier alpha value is -3.93. The van der Waals surface area contributed by atoms with Crippen LogP contribution in [-0.2, 0) is 33.8 Å². The number of aryl methyl sites for hydroxylation is 1. The number of ketones is 1. The SMILES string of the molecule is O=C(CC1CCN(C(=O)CCc2ccccc2)CC1)N[C@@H](Cc1ccc(OCc2ccccc2)cc1)C(=O)CC1CCCC1. The molecule has 2 aliphatic rings. The number of amides is 2. The second-order valence-corrected chi connectivity index (χ2v) is 12.6. The zero-order valence-electron chi connectivity index (χ0n) is 25.8. The van der Waals surface area contributed by atoms with Gasteiger partial charge in [0.05, 0.1) is 6.04 Å². The van der Waals surface area contributed by atoms with E-state index >= 15 is 0 Å². The van der Waals surface area contributed by atoms with Crippen molar-refractivity contribution in [3.05, 3.63) is 102 Å². The lowest BCUT2D eigenvalue weighted by Crippen LogP contribution is -2.44. The molecule has 1 saturated carbocycles. The number of hydrogen-bond acceptors (Lipinski definition) is 4. The van der Waals surface area contributed by atoms with Crippen molar-refractivity contribution in [1.82, 2.24) is 10.2 Å². The first-order chi connectivity index (χ1) is 21.5. The van der Waals surface area contributed by atoms with Gasteiger partial charge in [0, 0.05) is 32.4 Å². The fraction of sp³-hybridized carbons (Fsp3) is 0.447. The van der Waals surface area contributed by atoms with Crippen LogP contribution in [0, 0.1) is 11.8 Å². The molecule has 1 atom stereocenters. The van der Waals surface area contributed by atoms with Crippen LogP contribution in [0.15, 0.2) is 84.9 Å². The van der Waals surface area contributed by atoms with E-state index in [1.807, 2.05) is 77.7 Å². The number of nitrogens with one attached hydrogen (secondary N) is 1. The highest BCUT2D eigenvalue weighted by molar-refractivity contribution is 5.89. The van der Waals surface area contributed by atoms with Gasteiger partial charge in [-0.2, -0.15) is 0 Å². The fourth-order valence-electron chi connectivity index (χ4n) is 6.54. The molecule has 0 bridgehead atoms. The van der Waals surface area contributed by atoms with E-state index in [4.69, 9.17) is 4.74 Å². The summed E-state index contributed by atoms with van der Waals surface area (Å²) in [7, 11) is 0. The minimum atomic E-state index is -0.529. The summed E-state index contributed by atoms with van der Waals surface area (Å²) < 4.78 is 5.93. The van der Waals surface area contributed by atoms with Gasteiger partial charge in [-0.05, 0) is 66.3 Å². The standard InChI is InChI=1S/C38H46N2O4/c41-36(26-30-11-7-8-12-30)35(25-31-15-18-34(19-16-31)44-28-33-13-5-2-6-14-33)39-37(42)27-32-21-23-40(24-22-32)38(43)20-17-29-9-3-1-4-10-29/h1-6,9-10,13-16,18-19,30,32,35H,7-8,11-12,17,20-28H2,(H,39,42)/t35-/m0/s1. The topological polar surface area (TPSA) is 75.7 Å². The molecule has 6 heteroatoms. The zero-order valence-corrected chi connectivity index (χ0v) is 25.8. The Morgan fingerprint density at radius 3 is 2.00 bits per heavy atom. The minimum Gasteiger partial charge on any atom is -0.489 e. The Bertz CT molecular complexity index is 1330. The molecule has 1 saturated heterocycles. The quantitative estimate of drug-likeness (QED) is 0.225. The van der Waals surface area contributed by atoms with Crippen molar-refractivity contribution < 1.29 is 19.1 Å². The van der Waals surface area contributed by atoms with Crippen LogP contribution < -0.4 is 10.1 Å². The van der Waals surface area contributed by atoms with Crippen LogP contribution in [0.1, 0.15) is 74.5 Å². The summed E-state index contributed by atoms with van der Waals surface area (Å²) in [6.45, 7) is 1.88. The second-order valence-electron chi connectivity index (χ2n) is 12.6. The summed E-state index contributed by atoms with van der Waals surface area (Å²) in [4.78, 5) is 41.4. The molecule has 2 amide bonds. The van der Waals surface area contributed by atoms with Gasteiger partial charge in [-0.25, -0.2) is 0 Å². The number of rotatable bonds is 14. The highest BCUT2D eigenvalue weighted by Gasteiger charge is 2.28. The summed E-state index contributed by atoms with van der Waals surface area (Å²) in [5.74, 6) is 1.69. The molecule has 3 aromatic rings. The lowest BCUT2D eigenvalue weighted by molar-refractivity contribution is -0.133. The molecule has 1 aliphatic heterocycles. The normalized spacial score (nSPS) is 16.4. The first-order valence-electron chi connectivity index (χ1n) is 16.4. The van der Waals surface area contributed by atoms with E-state index in [1.165, 1.54) is 18.4 Å².